The summed E-state index contributed by atoms with van der Waals surface area (Å²) in [4.78, 5) is 0. The van der Waals surface area contributed by atoms with Crippen LogP contribution >= 0.6 is 0 Å². The topological polar surface area (TPSA) is 50.2 Å². The van der Waals surface area contributed by atoms with Gasteiger partial charge in [0.1, 0.15) is 0 Å². The van der Waals surface area contributed by atoms with Crippen LogP contribution in [0.5, 0.6) is 0 Å². The summed E-state index contributed by atoms with van der Waals surface area (Å²) < 4.78 is 23.5. The lowest BCUT2D eigenvalue weighted by Gasteiger charge is -2.21. The molecule has 0 saturated carbocycles. The normalized spacial score (nSPS) is 27.7. The van der Waals surface area contributed by atoms with E-state index in [9.17, 15) is 4.21 Å². The van der Waals surface area contributed by atoms with E-state index in [1.807, 2.05) is 0 Å². The lowest BCUT2D eigenvalue weighted by Crippen LogP contribution is -2.26. The first-order chi connectivity index (χ1) is 4.61. The van der Waals surface area contributed by atoms with E-state index in [0.717, 1.165) is 12.8 Å². The summed E-state index contributed by atoms with van der Waals surface area (Å²) in [5.74, 6) is 0. The summed E-state index contributed by atoms with van der Waals surface area (Å²) in [6.07, 6.45) is 3.10. The van der Waals surface area contributed by atoms with Gasteiger partial charge in [-0.15, -0.1) is 0 Å². The molecule has 1 fully saturated rings. The van der Waals surface area contributed by atoms with Crippen molar-refractivity contribution >= 4 is 9.73 Å². The average molecular weight is 163 g/mol. The molecule has 60 valence electrons. The molecule has 0 aliphatic carbocycles. The van der Waals surface area contributed by atoms with E-state index < -0.39 is 9.73 Å². The Bertz CT molecular complexity index is 192. The molecule has 0 unspecified atom stereocenters. The van der Waals surface area contributed by atoms with Crippen molar-refractivity contribution in [3.05, 3.63) is 0 Å². The zero-order valence-electron chi connectivity index (χ0n) is 6.13. The Balaban J connectivity index is 2.56. The average Bonchev–Trinajstić information content (AvgIpc) is 1.88. The highest BCUT2D eigenvalue weighted by Gasteiger charge is 2.20. The lowest BCUT2D eigenvalue weighted by atomic mass is 10.2. The molecule has 0 aromatic heterocycles. The van der Waals surface area contributed by atoms with Crippen LogP contribution in [-0.4, -0.2) is 28.9 Å². The molecule has 0 aromatic carbocycles. The van der Waals surface area contributed by atoms with Gasteiger partial charge in [-0.2, -0.15) is 0 Å². The molecular formula is C6H13NO2S. The first-order valence-electron chi connectivity index (χ1n) is 3.41. The molecule has 1 atom stereocenters. The highest BCUT2D eigenvalue weighted by atomic mass is 32.2. The van der Waals surface area contributed by atoms with Crippen LogP contribution in [0.25, 0.3) is 0 Å². The third kappa shape index (κ3) is 1.95. The number of nitrogens with one attached hydrogen (secondary N) is 1. The number of ether oxygens (including phenoxy) is 1. The highest BCUT2D eigenvalue weighted by molar-refractivity contribution is 7.92. The molecule has 0 amide bonds. The molecule has 4 heteroatoms. The standard InChI is InChI=1S/C6H13NO2S/c1-10(7,8)6-2-4-9-5-3-6/h6-7H,2-5H2,1H3/t10-/m0/s1. The zero-order chi connectivity index (χ0) is 7.61. The second kappa shape index (κ2) is 2.88. The fourth-order valence-corrected chi connectivity index (χ4v) is 2.22. The highest BCUT2D eigenvalue weighted by Crippen LogP contribution is 2.14. The molecule has 1 saturated heterocycles. The third-order valence-electron chi connectivity index (χ3n) is 1.80. The Morgan fingerprint density at radius 2 is 2.00 bits per heavy atom. The number of rotatable bonds is 1. The molecule has 0 spiro atoms. The SMILES string of the molecule is C[S@](=N)(=O)C1CCOCC1. The van der Waals surface area contributed by atoms with Gasteiger partial charge in [-0.25, -0.2) is 4.21 Å². The van der Waals surface area contributed by atoms with Gasteiger partial charge in [0, 0.05) is 34.4 Å². The maximum atomic E-state index is 11.2. The van der Waals surface area contributed by atoms with Crippen molar-refractivity contribution < 1.29 is 8.95 Å². The van der Waals surface area contributed by atoms with Crippen LogP contribution in [0.1, 0.15) is 12.8 Å². The maximum Gasteiger partial charge on any atom is 0.0477 e. The van der Waals surface area contributed by atoms with Crippen molar-refractivity contribution in [2.45, 2.75) is 18.1 Å². The van der Waals surface area contributed by atoms with E-state index in [4.69, 9.17) is 9.52 Å². The van der Waals surface area contributed by atoms with Crippen LogP contribution in [0.3, 0.4) is 0 Å². The Kier molecular flexibility index (Phi) is 2.31. The molecular weight excluding hydrogens is 150 g/mol. The second-order valence-corrected chi connectivity index (χ2v) is 5.19. The molecule has 3 nitrogen and oxygen atoms in total. The molecule has 0 radical (unpaired) electrons. The number of hydrogen-bond acceptors (Lipinski definition) is 3. The van der Waals surface area contributed by atoms with Crippen molar-refractivity contribution in [3.8, 4) is 0 Å². The van der Waals surface area contributed by atoms with Gasteiger partial charge in [0.15, 0.2) is 0 Å². The first-order valence-corrected chi connectivity index (χ1v) is 5.44. The Morgan fingerprint density at radius 3 is 2.30 bits per heavy atom. The fourth-order valence-electron chi connectivity index (χ4n) is 1.13. The van der Waals surface area contributed by atoms with Crippen LogP contribution in [-0.2, 0) is 14.5 Å². The molecule has 1 aliphatic rings. The summed E-state index contributed by atoms with van der Waals surface area (Å²) >= 11 is 0. The van der Waals surface area contributed by atoms with Crippen molar-refractivity contribution in [1.29, 1.82) is 4.78 Å². The van der Waals surface area contributed by atoms with Gasteiger partial charge in [0.05, 0.1) is 0 Å². The molecule has 10 heavy (non-hydrogen) atoms. The molecule has 1 heterocycles. The molecule has 1 N–H and O–H groups in total. The smallest absolute Gasteiger partial charge is 0.0477 e. The minimum absolute atomic E-state index is 0.0706. The minimum atomic E-state index is -2.31. The van der Waals surface area contributed by atoms with Crippen LogP contribution in [0.15, 0.2) is 0 Å². The van der Waals surface area contributed by atoms with Gasteiger partial charge in [0.2, 0.25) is 0 Å². The quantitative estimate of drug-likeness (QED) is 0.622. The van der Waals surface area contributed by atoms with Crippen LogP contribution < -0.4 is 0 Å². The van der Waals surface area contributed by atoms with E-state index in [2.05, 4.69) is 0 Å². The minimum Gasteiger partial charge on any atom is -0.381 e. The van der Waals surface area contributed by atoms with Gasteiger partial charge in [0.25, 0.3) is 0 Å². The zero-order valence-corrected chi connectivity index (χ0v) is 6.95. The molecule has 1 rings (SSSR count). The van der Waals surface area contributed by atoms with Crippen molar-refractivity contribution in [1.82, 2.24) is 0 Å². The van der Waals surface area contributed by atoms with Crippen molar-refractivity contribution in [2.24, 2.45) is 0 Å². The van der Waals surface area contributed by atoms with Gasteiger partial charge in [-0.1, -0.05) is 0 Å². The molecule has 0 bridgehead atoms. The monoisotopic (exact) mass is 163 g/mol. The third-order valence-corrected chi connectivity index (χ3v) is 3.55. The summed E-state index contributed by atoms with van der Waals surface area (Å²) in [7, 11) is -2.31. The van der Waals surface area contributed by atoms with E-state index in [1.54, 1.807) is 0 Å². The second-order valence-electron chi connectivity index (χ2n) is 2.72. The lowest BCUT2D eigenvalue weighted by molar-refractivity contribution is 0.0990. The number of hydrogen-bond donors (Lipinski definition) is 1. The van der Waals surface area contributed by atoms with Crippen molar-refractivity contribution in [3.63, 3.8) is 0 Å². The maximum absolute atomic E-state index is 11.2. The summed E-state index contributed by atoms with van der Waals surface area (Å²) in [5.41, 5.74) is 0. The van der Waals surface area contributed by atoms with Crippen molar-refractivity contribution in [2.75, 3.05) is 19.5 Å². The fraction of sp³-hybridized carbons (Fsp3) is 1.00. The molecule has 0 aromatic rings. The summed E-state index contributed by atoms with van der Waals surface area (Å²) in [6, 6.07) is 0. The predicted octanol–water partition coefficient (Wildman–Crippen LogP) is 0.842. The predicted molar refractivity (Wildman–Crippen MR) is 40.6 cm³/mol. The Labute approximate surface area is 61.7 Å². The van der Waals surface area contributed by atoms with Gasteiger partial charge in [-0.3, -0.25) is 4.78 Å². The van der Waals surface area contributed by atoms with E-state index >= 15 is 0 Å². The van der Waals surface area contributed by atoms with Gasteiger partial charge >= 0.3 is 0 Å². The Morgan fingerprint density at radius 1 is 1.50 bits per heavy atom. The first kappa shape index (κ1) is 8.01. The summed E-state index contributed by atoms with van der Waals surface area (Å²) in [6.45, 7) is 1.35. The van der Waals surface area contributed by atoms with Gasteiger partial charge < -0.3 is 4.74 Å². The van der Waals surface area contributed by atoms with E-state index in [0.29, 0.717) is 13.2 Å². The summed E-state index contributed by atoms with van der Waals surface area (Å²) in [5, 5.41) is 0.0706. The van der Waals surface area contributed by atoms with Crippen LogP contribution in [0.2, 0.25) is 0 Å². The molecule has 1 aliphatic heterocycles. The largest absolute Gasteiger partial charge is 0.381 e. The van der Waals surface area contributed by atoms with E-state index in [1.165, 1.54) is 6.26 Å². The van der Waals surface area contributed by atoms with Crippen LogP contribution in [0.4, 0.5) is 0 Å². The van der Waals surface area contributed by atoms with Crippen LogP contribution in [0, 0.1) is 4.78 Å². The Hall–Kier alpha value is -0.0900. The van der Waals surface area contributed by atoms with Gasteiger partial charge in [-0.05, 0) is 12.8 Å². The van der Waals surface area contributed by atoms with E-state index in [-0.39, 0.29) is 5.25 Å².